The zero-order chi connectivity index (χ0) is 32.0. The third-order valence-corrected chi connectivity index (χ3v) is 8.05. The van der Waals surface area contributed by atoms with Gasteiger partial charge in [-0.2, -0.15) is 0 Å². The topological polar surface area (TPSA) is 71.1 Å². The first-order valence-electron chi connectivity index (χ1n) is 14.7. The molecule has 0 spiro atoms. The van der Waals surface area contributed by atoms with Crippen molar-refractivity contribution in [2.75, 3.05) is 0 Å². The number of carbonyl (C=O) groups is 2. The first-order chi connectivity index (χ1) is 21.5. The molecule has 5 rings (SSSR count). The number of aryl methyl sites for hydroxylation is 1. The van der Waals surface area contributed by atoms with E-state index in [1.807, 2.05) is 42.5 Å². The van der Waals surface area contributed by atoms with Crippen molar-refractivity contribution >= 4 is 12.3 Å². The van der Waals surface area contributed by atoms with E-state index in [0.717, 1.165) is 16.7 Å². The van der Waals surface area contributed by atoms with Crippen LogP contribution in [0.25, 0.3) is 0 Å². The van der Waals surface area contributed by atoms with E-state index in [4.69, 9.17) is 18.9 Å². The number of para-hydroxylation sites is 1. The first-order valence-corrected chi connectivity index (χ1v) is 14.7. The molecule has 0 aliphatic rings. The molecule has 5 aromatic carbocycles. The van der Waals surface area contributed by atoms with Gasteiger partial charge in [-0.15, -0.1) is 0 Å². The predicted molar refractivity (Wildman–Crippen MR) is 175 cm³/mol. The second kappa shape index (κ2) is 13.1. The maximum Gasteiger partial charge on any atom is 0.519 e. The second-order valence-electron chi connectivity index (χ2n) is 11.9. The highest BCUT2D eigenvalue weighted by Crippen LogP contribution is 2.34. The molecule has 0 aromatic heterocycles. The summed E-state index contributed by atoms with van der Waals surface area (Å²) in [5, 5.41) is 0. The van der Waals surface area contributed by atoms with Gasteiger partial charge in [0.15, 0.2) is 0 Å². The van der Waals surface area contributed by atoms with Crippen molar-refractivity contribution in [3.63, 3.8) is 0 Å². The van der Waals surface area contributed by atoms with Gasteiger partial charge in [-0.3, -0.25) is 0 Å². The SMILES string of the molecule is Cc1ccc(C(C)(C)c2ccc(OC(=O)Oc3ccc(C(C)(C)c4ccc(OC(=O)Oc5ccccc5)cc4)cc3)cc2)cc1. The molecule has 6 heteroatoms. The highest BCUT2D eigenvalue weighted by Gasteiger charge is 2.25. The molecule has 228 valence electrons. The lowest BCUT2D eigenvalue weighted by atomic mass is 9.78. The lowest BCUT2D eigenvalue weighted by Crippen LogP contribution is -2.19. The molecule has 45 heavy (non-hydrogen) atoms. The minimum Gasteiger partial charge on any atom is -0.395 e. The van der Waals surface area contributed by atoms with Crippen molar-refractivity contribution in [2.45, 2.75) is 45.4 Å². The largest absolute Gasteiger partial charge is 0.519 e. The van der Waals surface area contributed by atoms with Crippen LogP contribution in [-0.2, 0) is 10.8 Å². The Labute approximate surface area is 264 Å². The van der Waals surface area contributed by atoms with Crippen molar-refractivity contribution in [1.29, 1.82) is 0 Å². The monoisotopic (exact) mass is 600 g/mol. The molecule has 6 nitrogen and oxygen atoms in total. The molecule has 0 N–H and O–H groups in total. The first kappa shape index (κ1) is 31.1. The Morgan fingerprint density at radius 3 is 0.978 bits per heavy atom. The number of carbonyl (C=O) groups excluding carboxylic acids is 2. The van der Waals surface area contributed by atoms with Crippen LogP contribution < -0.4 is 18.9 Å². The Bertz CT molecular complexity index is 1740. The average Bonchev–Trinajstić information content (AvgIpc) is 3.02. The summed E-state index contributed by atoms with van der Waals surface area (Å²) >= 11 is 0. The fourth-order valence-corrected chi connectivity index (χ4v) is 5.04. The van der Waals surface area contributed by atoms with Gasteiger partial charge in [-0.25, -0.2) is 9.59 Å². The maximum absolute atomic E-state index is 12.5. The highest BCUT2D eigenvalue weighted by molar-refractivity contribution is 5.68. The van der Waals surface area contributed by atoms with Crippen LogP contribution in [0.3, 0.4) is 0 Å². The number of hydrogen-bond acceptors (Lipinski definition) is 6. The molecule has 0 bridgehead atoms. The predicted octanol–water partition coefficient (Wildman–Crippen LogP) is 9.80. The summed E-state index contributed by atoms with van der Waals surface area (Å²) in [6.07, 6.45) is -1.62. The number of benzene rings is 5. The summed E-state index contributed by atoms with van der Waals surface area (Å²) in [5.74, 6) is 1.56. The van der Waals surface area contributed by atoms with Gasteiger partial charge >= 0.3 is 12.3 Å². The van der Waals surface area contributed by atoms with E-state index in [1.54, 1.807) is 60.7 Å². The molecule has 0 amide bonds. The van der Waals surface area contributed by atoms with Gasteiger partial charge in [0.25, 0.3) is 0 Å². The standard InChI is InChI=1S/C39H36O6/c1-27-11-13-28(14-12-27)38(2,3)29-15-21-34(22-16-29)44-37(41)45-35-25-19-31(20-26-35)39(4,5)30-17-23-33(24-18-30)43-36(40)42-32-9-7-6-8-10-32/h6-26H,1-5H3. The molecule has 0 atom stereocenters. The van der Waals surface area contributed by atoms with Crippen LogP contribution in [0, 0.1) is 6.92 Å². The van der Waals surface area contributed by atoms with Gasteiger partial charge < -0.3 is 18.9 Å². The van der Waals surface area contributed by atoms with Crippen LogP contribution in [0.1, 0.15) is 55.5 Å². The van der Waals surface area contributed by atoms with Gasteiger partial charge in [0.05, 0.1) is 0 Å². The van der Waals surface area contributed by atoms with E-state index in [-0.39, 0.29) is 10.8 Å². The molecular formula is C39H36O6. The second-order valence-corrected chi connectivity index (χ2v) is 11.9. The summed E-state index contributed by atoms with van der Waals surface area (Å²) in [6, 6.07) is 39.3. The van der Waals surface area contributed by atoms with E-state index in [1.165, 1.54) is 11.1 Å². The quantitative estimate of drug-likeness (QED) is 0.130. The number of hydrogen-bond donors (Lipinski definition) is 0. The average molecular weight is 601 g/mol. The molecule has 0 heterocycles. The Morgan fingerprint density at radius 1 is 0.400 bits per heavy atom. The van der Waals surface area contributed by atoms with Crippen LogP contribution in [-0.4, -0.2) is 12.3 Å². The molecule has 0 aliphatic carbocycles. The lowest BCUT2D eigenvalue weighted by molar-refractivity contribution is 0.150. The van der Waals surface area contributed by atoms with Crippen molar-refractivity contribution in [3.8, 4) is 23.0 Å². The van der Waals surface area contributed by atoms with E-state index in [9.17, 15) is 9.59 Å². The molecule has 0 saturated carbocycles. The van der Waals surface area contributed by atoms with Gasteiger partial charge in [0.1, 0.15) is 23.0 Å². The summed E-state index contributed by atoms with van der Waals surface area (Å²) in [6.45, 7) is 10.6. The summed E-state index contributed by atoms with van der Waals surface area (Å²) in [5.41, 5.74) is 4.97. The van der Waals surface area contributed by atoms with Gasteiger partial charge in [-0.1, -0.05) is 112 Å². The third-order valence-electron chi connectivity index (χ3n) is 8.05. The highest BCUT2D eigenvalue weighted by atomic mass is 16.7. The number of ether oxygens (including phenoxy) is 4. The molecule has 0 saturated heterocycles. The Kier molecular flexibility index (Phi) is 9.05. The van der Waals surface area contributed by atoms with Gasteiger partial charge in [0, 0.05) is 10.8 Å². The normalized spacial score (nSPS) is 11.4. The summed E-state index contributed by atoms with van der Waals surface area (Å²) in [4.78, 5) is 24.7. The van der Waals surface area contributed by atoms with Crippen LogP contribution in [0.15, 0.2) is 127 Å². The fraction of sp³-hybridized carbons (Fsp3) is 0.179. The molecule has 0 unspecified atom stereocenters. The zero-order valence-corrected chi connectivity index (χ0v) is 26.1. The van der Waals surface area contributed by atoms with E-state index in [0.29, 0.717) is 23.0 Å². The van der Waals surface area contributed by atoms with E-state index in [2.05, 4.69) is 58.9 Å². The van der Waals surface area contributed by atoms with Crippen molar-refractivity contribution < 1.29 is 28.5 Å². The van der Waals surface area contributed by atoms with Crippen molar-refractivity contribution in [3.05, 3.63) is 155 Å². The molecule has 5 aromatic rings. The minimum absolute atomic E-state index is 0.200. The Hall–Kier alpha value is -5.36. The van der Waals surface area contributed by atoms with Crippen LogP contribution in [0.4, 0.5) is 9.59 Å². The van der Waals surface area contributed by atoms with E-state index < -0.39 is 12.3 Å². The van der Waals surface area contributed by atoms with Crippen LogP contribution >= 0.6 is 0 Å². The van der Waals surface area contributed by atoms with Crippen molar-refractivity contribution in [1.82, 2.24) is 0 Å². The minimum atomic E-state index is -0.811. The fourth-order valence-electron chi connectivity index (χ4n) is 5.04. The maximum atomic E-state index is 12.5. The van der Waals surface area contributed by atoms with Crippen LogP contribution in [0.5, 0.6) is 23.0 Å². The third kappa shape index (κ3) is 7.60. The Morgan fingerprint density at radius 2 is 0.667 bits per heavy atom. The lowest BCUT2D eigenvalue weighted by Gasteiger charge is -2.26. The zero-order valence-electron chi connectivity index (χ0n) is 26.1. The smallest absolute Gasteiger partial charge is 0.395 e. The van der Waals surface area contributed by atoms with Crippen LogP contribution in [0.2, 0.25) is 0 Å². The van der Waals surface area contributed by atoms with E-state index >= 15 is 0 Å². The Balaban J connectivity index is 1.16. The molecular weight excluding hydrogens is 564 g/mol. The van der Waals surface area contributed by atoms with Gasteiger partial charge in [-0.05, 0) is 77.7 Å². The molecule has 0 radical (unpaired) electrons. The number of rotatable bonds is 8. The molecule has 0 aliphatic heterocycles. The molecule has 0 fully saturated rings. The summed E-state index contributed by atoms with van der Waals surface area (Å²) < 4.78 is 21.4. The summed E-state index contributed by atoms with van der Waals surface area (Å²) in [7, 11) is 0. The van der Waals surface area contributed by atoms with Gasteiger partial charge in [0.2, 0.25) is 0 Å². The van der Waals surface area contributed by atoms with Crippen molar-refractivity contribution in [2.24, 2.45) is 0 Å².